The predicted molar refractivity (Wildman–Crippen MR) is 76.5 cm³/mol. The van der Waals surface area contributed by atoms with Gasteiger partial charge < -0.3 is 5.11 Å². The van der Waals surface area contributed by atoms with E-state index in [9.17, 15) is 4.79 Å². The highest BCUT2D eigenvalue weighted by atomic mass is 16.4. The molecule has 0 unspecified atom stereocenters. The Morgan fingerprint density at radius 1 is 1.35 bits per heavy atom. The van der Waals surface area contributed by atoms with Crippen LogP contribution in [-0.4, -0.2) is 32.8 Å². The van der Waals surface area contributed by atoms with Crippen molar-refractivity contribution in [2.45, 2.75) is 20.0 Å². The van der Waals surface area contributed by atoms with Crippen molar-refractivity contribution in [3.63, 3.8) is 0 Å². The number of nitrogens with zero attached hydrogens (tertiary/aromatic N) is 3. The maximum Gasteiger partial charge on any atom is 0.339 e. The van der Waals surface area contributed by atoms with Crippen molar-refractivity contribution >= 4 is 5.97 Å². The van der Waals surface area contributed by atoms with Gasteiger partial charge in [-0.15, -0.1) is 0 Å². The number of aromatic nitrogens is 2. The lowest BCUT2D eigenvalue weighted by Crippen LogP contribution is -2.21. The molecule has 1 heterocycles. The summed E-state index contributed by atoms with van der Waals surface area (Å²) in [5, 5.41) is 13.2. The van der Waals surface area contributed by atoms with Crippen molar-refractivity contribution in [2.24, 2.45) is 7.05 Å². The second-order valence-electron chi connectivity index (χ2n) is 5.03. The van der Waals surface area contributed by atoms with Crippen molar-refractivity contribution in [3.05, 3.63) is 52.8 Å². The molecule has 2 rings (SSSR count). The Balaban J connectivity index is 2.13. The van der Waals surface area contributed by atoms with E-state index in [1.807, 2.05) is 19.2 Å². The van der Waals surface area contributed by atoms with E-state index in [4.69, 9.17) is 5.11 Å². The number of carboxylic acid groups (broad SMARTS) is 1. The Hall–Kier alpha value is -2.14. The van der Waals surface area contributed by atoms with Crippen LogP contribution in [0.25, 0.3) is 0 Å². The number of rotatable bonds is 5. The van der Waals surface area contributed by atoms with Crippen LogP contribution in [-0.2, 0) is 20.1 Å². The lowest BCUT2D eigenvalue weighted by molar-refractivity contribution is 0.0694. The fourth-order valence-electron chi connectivity index (χ4n) is 2.22. The fraction of sp³-hybridized carbons (Fsp3) is 0.333. The normalized spacial score (nSPS) is 11.0. The molecule has 0 aliphatic rings. The van der Waals surface area contributed by atoms with Crippen molar-refractivity contribution < 1.29 is 9.90 Å². The minimum absolute atomic E-state index is 0.268. The monoisotopic (exact) mass is 273 g/mol. The quantitative estimate of drug-likeness (QED) is 0.906. The van der Waals surface area contributed by atoms with E-state index in [0.717, 1.165) is 6.54 Å². The molecule has 5 heteroatoms. The van der Waals surface area contributed by atoms with Gasteiger partial charge in [0, 0.05) is 20.1 Å². The van der Waals surface area contributed by atoms with Gasteiger partial charge in [0.25, 0.3) is 0 Å². The van der Waals surface area contributed by atoms with Crippen LogP contribution in [0.15, 0.2) is 30.5 Å². The molecule has 0 amide bonds. The Kier molecular flexibility index (Phi) is 4.20. The Labute approximate surface area is 118 Å². The van der Waals surface area contributed by atoms with Crippen molar-refractivity contribution in [1.29, 1.82) is 0 Å². The molecule has 1 aromatic carbocycles. The molecule has 5 nitrogen and oxygen atoms in total. The fourth-order valence-corrected chi connectivity index (χ4v) is 2.22. The van der Waals surface area contributed by atoms with Crippen LogP contribution >= 0.6 is 0 Å². The lowest BCUT2D eigenvalue weighted by atomic mass is 10.1. The number of carbonyl (C=O) groups is 1. The zero-order valence-electron chi connectivity index (χ0n) is 12.0. The first-order valence-electron chi connectivity index (χ1n) is 6.46. The van der Waals surface area contributed by atoms with Gasteiger partial charge in [-0.3, -0.25) is 9.58 Å². The standard InChI is InChI=1S/C15H19N3O2/c1-11-6-4-5-7-12(11)9-17(2)10-14-13(15(19)20)8-16-18(14)3/h4-8H,9-10H2,1-3H3,(H,19,20). The summed E-state index contributed by atoms with van der Waals surface area (Å²) in [5.41, 5.74) is 3.47. The number of hydrogen-bond acceptors (Lipinski definition) is 3. The average Bonchev–Trinajstić information content (AvgIpc) is 2.74. The number of benzene rings is 1. The number of aryl methyl sites for hydroxylation is 2. The second kappa shape index (κ2) is 5.88. The molecule has 0 saturated carbocycles. The van der Waals surface area contributed by atoms with E-state index < -0.39 is 5.97 Å². The molecule has 0 aliphatic heterocycles. The van der Waals surface area contributed by atoms with Crippen LogP contribution in [0.5, 0.6) is 0 Å². The van der Waals surface area contributed by atoms with Gasteiger partial charge in [0.1, 0.15) is 5.56 Å². The third-order valence-corrected chi connectivity index (χ3v) is 3.41. The van der Waals surface area contributed by atoms with E-state index >= 15 is 0 Å². The van der Waals surface area contributed by atoms with Crippen molar-refractivity contribution in [1.82, 2.24) is 14.7 Å². The molecule has 106 valence electrons. The van der Waals surface area contributed by atoms with Crippen molar-refractivity contribution in [3.8, 4) is 0 Å². The largest absolute Gasteiger partial charge is 0.478 e. The zero-order valence-corrected chi connectivity index (χ0v) is 12.0. The molecule has 0 aliphatic carbocycles. The molecule has 0 bridgehead atoms. The molecule has 0 radical (unpaired) electrons. The molecule has 0 spiro atoms. The van der Waals surface area contributed by atoms with Gasteiger partial charge in [0.2, 0.25) is 0 Å². The Morgan fingerprint density at radius 3 is 2.70 bits per heavy atom. The van der Waals surface area contributed by atoms with Gasteiger partial charge in [-0.1, -0.05) is 24.3 Å². The van der Waals surface area contributed by atoms with E-state index in [-0.39, 0.29) is 5.56 Å². The summed E-state index contributed by atoms with van der Waals surface area (Å²) < 4.78 is 1.62. The van der Waals surface area contributed by atoms with Crippen LogP contribution < -0.4 is 0 Å². The van der Waals surface area contributed by atoms with Gasteiger partial charge in [-0.25, -0.2) is 4.79 Å². The maximum absolute atomic E-state index is 11.2. The SMILES string of the molecule is Cc1ccccc1CN(C)Cc1c(C(=O)O)cnn1C. The number of aromatic carboxylic acids is 1. The average molecular weight is 273 g/mol. The summed E-state index contributed by atoms with van der Waals surface area (Å²) in [5.74, 6) is -0.933. The van der Waals surface area contributed by atoms with E-state index in [2.05, 4.69) is 29.1 Å². The van der Waals surface area contributed by atoms with Gasteiger partial charge in [0.15, 0.2) is 0 Å². The number of carboxylic acids is 1. The summed E-state index contributed by atoms with van der Waals surface area (Å²) in [7, 11) is 3.74. The molecular formula is C15H19N3O2. The van der Waals surface area contributed by atoms with E-state index in [1.54, 1.807) is 11.7 Å². The third kappa shape index (κ3) is 3.05. The van der Waals surface area contributed by atoms with E-state index in [1.165, 1.54) is 17.3 Å². The smallest absolute Gasteiger partial charge is 0.339 e. The topological polar surface area (TPSA) is 58.4 Å². The molecule has 0 fully saturated rings. The van der Waals surface area contributed by atoms with Crippen LogP contribution in [0.2, 0.25) is 0 Å². The first kappa shape index (κ1) is 14.3. The maximum atomic E-state index is 11.2. The van der Waals surface area contributed by atoms with Crippen LogP contribution in [0.4, 0.5) is 0 Å². The first-order chi connectivity index (χ1) is 9.49. The van der Waals surface area contributed by atoms with Gasteiger partial charge >= 0.3 is 5.97 Å². The molecular weight excluding hydrogens is 254 g/mol. The van der Waals surface area contributed by atoms with Crippen LogP contribution in [0, 0.1) is 6.92 Å². The minimum atomic E-state index is -0.933. The van der Waals surface area contributed by atoms with Gasteiger partial charge in [0.05, 0.1) is 11.9 Å². The Bertz CT molecular complexity index is 619. The van der Waals surface area contributed by atoms with Crippen LogP contribution in [0.1, 0.15) is 27.2 Å². The summed E-state index contributed by atoms with van der Waals surface area (Å²) in [6.07, 6.45) is 1.40. The third-order valence-electron chi connectivity index (χ3n) is 3.41. The molecule has 20 heavy (non-hydrogen) atoms. The molecule has 2 aromatic rings. The molecule has 0 saturated heterocycles. The summed E-state index contributed by atoms with van der Waals surface area (Å²) in [6, 6.07) is 8.20. The van der Waals surface area contributed by atoms with Gasteiger partial charge in [-0.2, -0.15) is 5.10 Å². The number of hydrogen-bond donors (Lipinski definition) is 1. The van der Waals surface area contributed by atoms with Crippen LogP contribution in [0.3, 0.4) is 0 Å². The lowest BCUT2D eigenvalue weighted by Gasteiger charge is -2.18. The molecule has 1 aromatic heterocycles. The first-order valence-corrected chi connectivity index (χ1v) is 6.46. The molecule has 1 N–H and O–H groups in total. The highest BCUT2D eigenvalue weighted by Crippen LogP contribution is 2.14. The summed E-state index contributed by atoms with van der Waals surface area (Å²) >= 11 is 0. The summed E-state index contributed by atoms with van der Waals surface area (Å²) in [4.78, 5) is 13.2. The highest BCUT2D eigenvalue weighted by Gasteiger charge is 2.16. The second-order valence-corrected chi connectivity index (χ2v) is 5.03. The van der Waals surface area contributed by atoms with E-state index in [0.29, 0.717) is 12.2 Å². The molecule has 0 atom stereocenters. The zero-order chi connectivity index (χ0) is 14.7. The highest BCUT2D eigenvalue weighted by molar-refractivity contribution is 5.88. The Morgan fingerprint density at radius 2 is 2.05 bits per heavy atom. The predicted octanol–water partition coefficient (Wildman–Crippen LogP) is 2.06. The van der Waals surface area contributed by atoms with Crippen molar-refractivity contribution in [2.75, 3.05) is 7.05 Å². The minimum Gasteiger partial charge on any atom is -0.478 e. The summed E-state index contributed by atoms with van der Waals surface area (Å²) in [6.45, 7) is 3.40. The van der Waals surface area contributed by atoms with Gasteiger partial charge in [-0.05, 0) is 25.1 Å².